The Morgan fingerprint density at radius 1 is 1.35 bits per heavy atom. The Labute approximate surface area is 121 Å². The predicted octanol–water partition coefficient (Wildman–Crippen LogP) is 3.34. The summed E-state index contributed by atoms with van der Waals surface area (Å²) in [5.41, 5.74) is -0.204. The quantitative estimate of drug-likeness (QED) is 0.659. The van der Waals surface area contributed by atoms with Crippen LogP contribution in [0.3, 0.4) is 0 Å². The maximum Gasteiger partial charge on any atom is 0.405 e. The molecule has 1 amide bonds. The number of carboxylic acid groups (broad SMARTS) is 1. The third-order valence-electron chi connectivity index (χ3n) is 2.94. The smallest absolute Gasteiger partial charge is 0.405 e. The molecule has 1 aromatic rings. The van der Waals surface area contributed by atoms with Crippen molar-refractivity contribution in [2.24, 2.45) is 5.41 Å². The number of nitrogens with one attached hydrogen (secondary N) is 1. The van der Waals surface area contributed by atoms with Crippen molar-refractivity contribution in [2.75, 3.05) is 0 Å². The van der Waals surface area contributed by atoms with Gasteiger partial charge < -0.3 is 10.4 Å². The fraction of sp³-hybridized carbons (Fsp3) is 0.462. The van der Waals surface area contributed by atoms with Crippen LogP contribution in [0.2, 0.25) is 5.02 Å². The molecule has 110 valence electrons. The van der Waals surface area contributed by atoms with Gasteiger partial charge in [0.05, 0.1) is 0 Å². The van der Waals surface area contributed by atoms with Gasteiger partial charge in [-0.2, -0.15) is 0 Å². The topological polar surface area (TPSA) is 92.5 Å². The van der Waals surface area contributed by atoms with Crippen molar-refractivity contribution in [1.29, 1.82) is 0 Å². The zero-order chi connectivity index (χ0) is 15.5. The molecule has 0 radical (unpaired) electrons. The number of nitro groups is 1. The number of nitrogens with zero attached hydrogens (tertiary/aromatic N) is 1. The molecule has 1 unspecified atom stereocenters. The average Bonchev–Trinajstić information content (AvgIpc) is 2.26. The summed E-state index contributed by atoms with van der Waals surface area (Å²) >= 11 is 5.78. The summed E-state index contributed by atoms with van der Waals surface area (Å²) in [5, 5.41) is 23.0. The van der Waals surface area contributed by atoms with Gasteiger partial charge in [-0.25, -0.2) is 4.79 Å². The standard InChI is InChI=1S/C13H17ClN2O4/c1-13(2,3)11(16(19)20)10(15-12(17)18)8-4-6-9(14)7-5-8/h4-7,10-11,15H,1-3H3,(H,17,18)/t10?,11-/m0/s1. The van der Waals surface area contributed by atoms with E-state index in [0.717, 1.165) is 0 Å². The van der Waals surface area contributed by atoms with Crippen LogP contribution in [0.5, 0.6) is 0 Å². The highest BCUT2D eigenvalue weighted by Gasteiger charge is 2.43. The third kappa shape index (κ3) is 4.09. The van der Waals surface area contributed by atoms with Crippen LogP contribution in [0.1, 0.15) is 32.4 Å². The van der Waals surface area contributed by atoms with Crippen LogP contribution < -0.4 is 5.32 Å². The lowest BCUT2D eigenvalue weighted by atomic mass is 9.80. The molecule has 6 nitrogen and oxygen atoms in total. The highest BCUT2D eigenvalue weighted by atomic mass is 35.5. The van der Waals surface area contributed by atoms with E-state index in [4.69, 9.17) is 16.7 Å². The first kappa shape index (κ1) is 16.2. The van der Waals surface area contributed by atoms with Crippen LogP contribution in [0.15, 0.2) is 24.3 Å². The van der Waals surface area contributed by atoms with Crippen LogP contribution in [-0.2, 0) is 0 Å². The van der Waals surface area contributed by atoms with Crippen LogP contribution in [-0.4, -0.2) is 22.2 Å². The fourth-order valence-electron chi connectivity index (χ4n) is 2.09. The van der Waals surface area contributed by atoms with Crippen LogP contribution in [0.4, 0.5) is 4.79 Å². The SMILES string of the molecule is CC(C)(C)[C@H](C(NC(=O)O)c1ccc(Cl)cc1)[N+](=O)[O-]. The Balaban J connectivity index is 3.26. The van der Waals surface area contributed by atoms with E-state index >= 15 is 0 Å². The van der Waals surface area contributed by atoms with E-state index in [2.05, 4.69) is 5.32 Å². The van der Waals surface area contributed by atoms with Crippen molar-refractivity contribution in [3.63, 3.8) is 0 Å². The Kier molecular flexibility index (Phi) is 4.94. The first-order chi connectivity index (χ1) is 9.12. The number of amides is 1. The van der Waals surface area contributed by atoms with E-state index in [1.807, 2.05) is 0 Å². The Bertz CT molecular complexity index is 496. The monoisotopic (exact) mass is 300 g/mol. The van der Waals surface area contributed by atoms with Gasteiger partial charge in [0.2, 0.25) is 6.04 Å². The number of halogens is 1. The minimum absolute atomic E-state index is 0.449. The van der Waals surface area contributed by atoms with Crippen LogP contribution in [0.25, 0.3) is 0 Å². The third-order valence-corrected chi connectivity index (χ3v) is 3.19. The normalized spacial score (nSPS) is 14.4. The van der Waals surface area contributed by atoms with Gasteiger partial charge in [-0.3, -0.25) is 10.1 Å². The van der Waals surface area contributed by atoms with E-state index in [1.165, 1.54) is 0 Å². The first-order valence-electron chi connectivity index (χ1n) is 6.01. The summed E-state index contributed by atoms with van der Waals surface area (Å²) in [5.74, 6) is 0. The van der Waals surface area contributed by atoms with E-state index < -0.39 is 28.5 Å². The molecule has 0 saturated carbocycles. The Morgan fingerprint density at radius 2 is 1.85 bits per heavy atom. The molecule has 0 saturated heterocycles. The minimum atomic E-state index is -1.30. The summed E-state index contributed by atoms with van der Waals surface area (Å²) in [6, 6.07) is 4.29. The van der Waals surface area contributed by atoms with Gasteiger partial charge in [-0.15, -0.1) is 0 Å². The second kappa shape index (κ2) is 6.09. The Morgan fingerprint density at radius 3 is 2.20 bits per heavy atom. The molecule has 0 aromatic heterocycles. The maximum absolute atomic E-state index is 11.4. The Hall–Kier alpha value is -1.82. The molecule has 0 aliphatic rings. The molecular formula is C13H17ClN2O4. The van der Waals surface area contributed by atoms with Crippen molar-refractivity contribution in [3.05, 3.63) is 45.0 Å². The van der Waals surface area contributed by atoms with Crippen molar-refractivity contribution >= 4 is 17.7 Å². The van der Waals surface area contributed by atoms with Crippen LogP contribution >= 0.6 is 11.6 Å². The summed E-state index contributed by atoms with van der Waals surface area (Å²) < 4.78 is 0. The lowest BCUT2D eigenvalue weighted by Gasteiger charge is -2.30. The zero-order valence-electron chi connectivity index (χ0n) is 11.5. The van der Waals surface area contributed by atoms with Crippen molar-refractivity contribution in [1.82, 2.24) is 5.32 Å². The highest BCUT2D eigenvalue weighted by molar-refractivity contribution is 6.30. The van der Waals surface area contributed by atoms with Crippen molar-refractivity contribution in [2.45, 2.75) is 32.9 Å². The van der Waals surface area contributed by atoms with E-state index in [9.17, 15) is 14.9 Å². The molecule has 0 aliphatic heterocycles. The minimum Gasteiger partial charge on any atom is -0.465 e. The highest BCUT2D eigenvalue weighted by Crippen LogP contribution is 2.32. The van der Waals surface area contributed by atoms with Crippen molar-refractivity contribution < 1.29 is 14.8 Å². The lowest BCUT2D eigenvalue weighted by molar-refractivity contribution is -0.545. The van der Waals surface area contributed by atoms with Gasteiger partial charge in [-0.05, 0) is 17.7 Å². The van der Waals surface area contributed by atoms with E-state index in [1.54, 1.807) is 45.0 Å². The molecule has 2 N–H and O–H groups in total. The fourth-order valence-corrected chi connectivity index (χ4v) is 2.21. The second-order valence-corrected chi connectivity index (χ2v) is 6.01. The van der Waals surface area contributed by atoms with Crippen molar-refractivity contribution in [3.8, 4) is 0 Å². The van der Waals surface area contributed by atoms with Crippen LogP contribution in [0, 0.1) is 15.5 Å². The van der Waals surface area contributed by atoms with E-state index in [-0.39, 0.29) is 0 Å². The van der Waals surface area contributed by atoms with Gasteiger partial charge in [0.1, 0.15) is 6.04 Å². The van der Waals surface area contributed by atoms with Gasteiger partial charge in [0.15, 0.2) is 0 Å². The molecule has 0 heterocycles. The molecule has 1 aromatic carbocycles. The second-order valence-electron chi connectivity index (χ2n) is 5.57. The summed E-state index contributed by atoms with van der Waals surface area (Å²) in [6.45, 7) is 5.10. The number of rotatable bonds is 4. The average molecular weight is 301 g/mol. The predicted molar refractivity (Wildman–Crippen MR) is 75.6 cm³/mol. The molecule has 0 bridgehead atoms. The summed E-state index contributed by atoms with van der Waals surface area (Å²) in [4.78, 5) is 21.9. The van der Waals surface area contributed by atoms with Gasteiger partial charge in [-0.1, -0.05) is 44.5 Å². The lowest BCUT2D eigenvalue weighted by Crippen LogP contribution is -2.46. The van der Waals surface area contributed by atoms with Gasteiger partial charge in [0, 0.05) is 15.4 Å². The number of carbonyl (C=O) groups is 1. The molecule has 20 heavy (non-hydrogen) atoms. The largest absolute Gasteiger partial charge is 0.465 e. The summed E-state index contributed by atoms with van der Waals surface area (Å²) in [6.07, 6.45) is -1.30. The zero-order valence-corrected chi connectivity index (χ0v) is 12.2. The molecule has 0 spiro atoms. The number of hydrogen-bond donors (Lipinski definition) is 2. The van der Waals surface area contributed by atoms with Gasteiger partial charge >= 0.3 is 6.09 Å². The molecule has 0 fully saturated rings. The molecule has 7 heteroatoms. The summed E-state index contributed by atoms with van der Waals surface area (Å²) in [7, 11) is 0. The number of benzene rings is 1. The molecule has 0 aliphatic carbocycles. The van der Waals surface area contributed by atoms with Gasteiger partial charge in [0.25, 0.3) is 0 Å². The first-order valence-corrected chi connectivity index (χ1v) is 6.39. The molecule has 2 atom stereocenters. The molecular weight excluding hydrogens is 284 g/mol. The maximum atomic E-state index is 11.4. The van der Waals surface area contributed by atoms with E-state index in [0.29, 0.717) is 10.6 Å². The number of hydrogen-bond acceptors (Lipinski definition) is 3. The molecule has 1 rings (SSSR count).